The van der Waals surface area contributed by atoms with Crippen LogP contribution in [0.2, 0.25) is 5.02 Å². The van der Waals surface area contributed by atoms with Gasteiger partial charge in [0.05, 0.1) is 11.9 Å². The zero-order valence-electron chi connectivity index (χ0n) is 16.5. The van der Waals surface area contributed by atoms with E-state index in [9.17, 15) is 13.2 Å². The van der Waals surface area contributed by atoms with Gasteiger partial charge in [-0.3, -0.25) is 9.10 Å². The van der Waals surface area contributed by atoms with E-state index >= 15 is 0 Å². The highest BCUT2D eigenvalue weighted by Gasteiger charge is 2.32. The highest BCUT2D eigenvalue weighted by Crippen LogP contribution is 2.30. The summed E-state index contributed by atoms with van der Waals surface area (Å²) in [6, 6.07) is 17.4. The third-order valence-electron chi connectivity index (χ3n) is 4.79. The van der Waals surface area contributed by atoms with Crippen LogP contribution in [0.15, 0.2) is 60.7 Å². The van der Waals surface area contributed by atoms with Crippen molar-refractivity contribution in [2.75, 3.05) is 15.9 Å². The number of benzene rings is 3. The van der Waals surface area contributed by atoms with Crippen LogP contribution in [-0.2, 0) is 14.8 Å². The van der Waals surface area contributed by atoms with Crippen molar-refractivity contribution < 1.29 is 13.2 Å². The molecule has 0 aliphatic rings. The molecule has 0 aliphatic heterocycles. The molecule has 0 unspecified atom stereocenters. The lowest BCUT2D eigenvalue weighted by Gasteiger charge is -2.31. The molecule has 3 aromatic rings. The molecule has 29 heavy (non-hydrogen) atoms. The zero-order chi connectivity index (χ0) is 21.2. The van der Waals surface area contributed by atoms with Crippen molar-refractivity contribution in [1.82, 2.24) is 0 Å². The fraction of sp³-hybridized carbons (Fsp3) is 0.227. The number of hydrogen-bond donors (Lipinski definition) is 1. The number of hydrogen-bond acceptors (Lipinski definition) is 3. The second-order valence-electron chi connectivity index (χ2n) is 6.93. The molecule has 1 amide bonds. The SMILES string of the molecule is CC[C@@H](C(=O)Nc1cccc2ccccc12)N(c1cc(Cl)ccc1C)S(C)(=O)=O. The summed E-state index contributed by atoms with van der Waals surface area (Å²) in [6.07, 6.45) is 1.40. The predicted molar refractivity (Wildman–Crippen MR) is 120 cm³/mol. The van der Waals surface area contributed by atoms with Crippen molar-refractivity contribution in [3.05, 3.63) is 71.2 Å². The molecule has 0 radical (unpaired) electrons. The highest BCUT2D eigenvalue weighted by molar-refractivity contribution is 7.92. The summed E-state index contributed by atoms with van der Waals surface area (Å²) in [5.74, 6) is -0.395. The Balaban J connectivity index is 2.03. The van der Waals surface area contributed by atoms with Gasteiger partial charge in [-0.1, -0.05) is 61.0 Å². The molecule has 0 saturated carbocycles. The highest BCUT2D eigenvalue weighted by atomic mass is 35.5. The van der Waals surface area contributed by atoms with Gasteiger partial charge in [0.1, 0.15) is 6.04 Å². The van der Waals surface area contributed by atoms with Gasteiger partial charge in [-0.15, -0.1) is 0 Å². The lowest BCUT2D eigenvalue weighted by molar-refractivity contribution is -0.117. The molecule has 1 N–H and O–H groups in total. The first kappa shape index (κ1) is 21.1. The number of fused-ring (bicyclic) bond motifs is 1. The van der Waals surface area contributed by atoms with Crippen molar-refractivity contribution in [3.63, 3.8) is 0 Å². The Hall–Kier alpha value is -2.57. The second-order valence-corrected chi connectivity index (χ2v) is 9.23. The predicted octanol–water partition coefficient (Wildman–Crippen LogP) is 4.98. The maximum atomic E-state index is 13.2. The molecule has 0 saturated heterocycles. The van der Waals surface area contributed by atoms with Crippen molar-refractivity contribution >= 4 is 49.7 Å². The Morgan fingerprint density at radius 3 is 2.48 bits per heavy atom. The summed E-state index contributed by atoms with van der Waals surface area (Å²) >= 11 is 6.11. The van der Waals surface area contributed by atoms with Gasteiger partial charge in [0.2, 0.25) is 15.9 Å². The van der Waals surface area contributed by atoms with Gasteiger partial charge in [-0.25, -0.2) is 8.42 Å². The minimum atomic E-state index is -3.73. The van der Waals surface area contributed by atoms with Crippen molar-refractivity contribution in [2.45, 2.75) is 26.3 Å². The minimum absolute atomic E-state index is 0.301. The number of sulfonamides is 1. The van der Waals surface area contributed by atoms with Crippen LogP contribution in [0.5, 0.6) is 0 Å². The Kier molecular flexibility index (Phi) is 6.15. The van der Waals surface area contributed by atoms with E-state index < -0.39 is 22.0 Å². The van der Waals surface area contributed by atoms with Crippen molar-refractivity contribution in [1.29, 1.82) is 0 Å². The third kappa shape index (κ3) is 4.54. The number of carbonyl (C=O) groups excluding carboxylic acids is 1. The molecule has 0 heterocycles. The average molecular weight is 431 g/mol. The lowest BCUT2D eigenvalue weighted by atomic mass is 10.1. The number of nitrogens with one attached hydrogen (secondary N) is 1. The van der Waals surface area contributed by atoms with Gasteiger partial charge in [0, 0.05) is 16.1 Å². The van der Waals surface area contributed by atoms with Gasteiger partial charge in [-0.05, 0) is 42.5 Å². The average Bonchev–Trinajstić information content (AvgIpc) is 2.67. The van der Waals surface area contributed by atoms with E-state index in [0.29, 0.717) is 22.8 Å². The number of halogens is 1. The maximum absolute atomic E-state index is 13.2. The van der Waals surface area contributed by atoms with E-state index in [2.05, 4.69) is 5.32 Å². The van der Waals surface area contributed by atoms with Crippen LogP contribution in [0.3, 0.4) is 0 Å². The van der Waals surface area contributed by atoms with Gasteiger partial charge in [0.25, 0.3) is 0 Å². The van der Waals surface area contributed by atoms with E-state index in [-0.39, 0.29) is 0 Å². The summed E-state index contributed by atoms with van der Waals surface area (Å²) in [4.78, 5) is 13.2. The Morgan fingerprint density at radius 1 is 1.10 bits per heavy atom. The molecule has 0 aromatic heterocycles. The van der Waals surface area contributed by atoms with Gasteiger partial charge in [-0.2, -0.15) is 0 Å². The summed E-state index contributed by atoms with van der Waals surface area (Å²) in [5.41, 5.74) is 1.76. The summed E-state index contributed by atoms with van der Waals surface area (Å²) in [5, 5.41) is 5.20. The maximum Gasteiger partial charge on any atom is 0.248 e. The van der Waals surface area contributed by atoms with E-state index in [1.54, 1.807) is 32.0 Å². The van der Waals surface area contributed by atoms with Crippen LogP contribution in [-0.4, -0.2) is 26.6 Å². The monoisotopic (exact) mass is 430 g/mol. The Labute approximate surface area is 176 Å². The fourth-order valence-electron chi connectivity index (χ4n) is 3.41. The van der Waals surface area contributed by atoms with Crippen LogP contribution in [0.1, 0.15) is 18.9 Å². The van der Waals surface area contributed by atoms with Crippen molar-refractivity contribution in [2.24, 2.45) is 0 Å². The first-order chi connectivity index (χ1) is 13.7. The van der Waals surface area contributed by atoms with Crippen LogP contribution in [0, 0.1) is 6.92 Å². The summed E-state index contributed by atoms with van der Waals surface area (Å²) in [7, 11) is -3.73. The lowest BCUT2D eigenvalue weighted by Crippen LogP contribution is -2.47. The minimum Gasteiger partial charge on any atom is -0.324 e. The topological polar surface area (TPSA) is 66.5 Å². The molecule has 1 atom stereocenters. The number of nitrogens with zero attached hydrogens (tertiary/aromatic N) is 1. The van der Waals surface area contributed by atoms with E-state index in [4.69, 9.17) is 11.6 Å². The zero-order valence-corrected chi connectivity index (χ0v) is 18.1. The number of carbonyl (C=O) groups is 1. The van der Waals surface area contributed by atoms with E-state index in [0.717, 1.165) is 26.9 Å². The van der Waals surface area contributed by atoms with Crippen LogP contribution < -0.4 is 9.62 Å². The molecular formula is C22H23ClN2O3S. The largest absolute Gasteiger partial charge is 0.324 e. The first-order valence-corrected chi connectivity index (χ1v) is 11.5. The third-order valence-corrected chi connectivity index (χ3v) is 6.19. The number of rotatable bonds is 6. The smallest absolute Gasteiger partial charge is 0.248 e. The van der Waals surface area contributed by atoms with Crippen LogP contribution in [0.25, 0.3) is 10.8 Å². The molecule has 0 fully saturated rings. The second kappa shape index (κ2) is 8.43. The summed E-state index contributed by atoms with van der Waals surface area (Å²) < 4.78 is 26.5. The van der Waals surface area contributed by atoms with Gasteiger partial charge in [0.15, 0.2) is 0 Å². The molecule has 7 heteroatoms. The molecule has 0 spiro atoms. The van der Waals surface area contributed by atoms with Crippen molar-refractivity contribution in [3.8, 4) is 0 Å². The molecule has 152 valence electrons. The van der Waals surface area contributed by atoms with Crippen LogP contribution in [0.4, 0.5) is 11.4 Å². The molecule has 3 aromatic carbocycles. The quantitative estimate of drug-likeness (QED) is 0.599. The molecule has 5 nitrogen and oxygen atoms in total. The number of anilines is 2. The number of amides is 1. The summed E-state index contributed by atoms with van der Waals surface area (Å²) in [6.45, 7) is 3.57. The fourth-order valence-corrected chi connectivity index (χ4v) is 4.83. The van der Waals surface area contributed by atoms with Gasteiger partial charge < -0.3 is 5.32 Å². The van der Waals surface area contributed by atoms with Crippen LogP contribution >= 0.6 is 11.6 Å². The standard InChI is InChI=1S/C22H23ClN2O3S/c1-4-20(25(29(3,27)28)21-14-17(23)13-12-15(21)2)22(26)24-19-11-7-9-16-8-5-6-10-18(16)19/h5-14,20H,4H2,1-3H3,(H,24,26)/t20-/m0/s1. The molecule has 0 aliphatic carbocycles. The van der Waals surface area contributed by atoms with E-state index in [1.165, 1.54) is 0 Å². The van der Waals surface area contributed by atoms with E-state index in [1.807, 2.05) is 42.5 Å². The molecule has 3 rings (SSSR count). The molecular weight excluding hydrogens is 408 g/mol. The normalized spacial score (nSPS) is 12.6. The first-order valence-electron chi connectivity index (χ1n) is 9.26. The Bertz CT molecular complexity index is 1160. The Morgan fingerprint density at radius 2 is 1.79 bits per heavy atom. The molecule has 0 bridgehead atoms. The van der Waals surface area contributed by atoms with Gasteiger partial charge >= 0.3 is 0 Å². The number of aryl methyl sites for hydroxylation is 1.